The van der Waals surface area contributed by atoms with E-state index in [0.717, 1.165) is 5.56 Å². The van der Waals surface area contributed by atoms with Crippen LogP contribution in [0.1, 0.15) is 18.1 Å². The lowest BCUT2D eigenvalue weighted by Crippen LogP contribution is -2.41. The van der Waals surface area contributed by atoms with Gasteiger partial charge >= 0.3 is 0 Å². The molecule has 28 heavy (non-hydrogen) atoms. The van der Waals surface area contributed by atoms with E-state index in [1.807, 2.05) is 43.3 Å². The molecule has 7 heteroatoms. The number of carbonyl (C=O) groups excluding carboxylic acids is 1. The van der Waals surface area contributed by atoms with Crippen LogP contribution in [-0.2, 0) is 11.4 Å². The molecular weight excluding hydrogens is 356 g/mol. The van der Waals surface area contributed by atoms with Crippen molar-refractivity contribution in [2.75, 3.05) is 13.7 Å². The second-order valence-electron chi connectivity index (χ2n) is 6.35. The van der Waals surface area contributed by atoms with Crippen LogP contribution in [0.2, 0.25) is 0 Å². The highest BCUT2D eigenvalue weighted by Crippen LogP contribution is 2.30. The Morgan fingerprint density at radius 2 is 1.89 bits per heavy atom. The lowest BCUT2D eigenvalue weighted by Gasteiger charge is -2.22. The number of hydrazone groups is 1. The van der Waals surface area contributed by atoms with Crippen LogP contribution in [0.15, 0.2) is 63.6 Å². The van der Waals surface area contributed by atoms with Crippen molar-refractivity contribution in [3.63, 3.8) is 0 Å². The van der Waals surface area contributed by atoms with Gasteiger partial charge in [0.25, 0.3) is 5.91 Å². The molecule has 0 saturated heterocycles. The summed E-state index contributed by atoms with van der Waals surface area (Å²) in [7, 11) is 1.58. The lowest BCUT2D eigenvalue weighted by atomic mass is 10.1. The molecule has 2 aromatic carbocycles. The predicted octanol–water partition coefficient (Wildman–Crippen LogP) is 2.69. The normalized spacial score (nSPS) is 17.9. The van der Waals surface area contributed by atoms with Crippen LogP contribution < -0.4 is 9.47 Å². The monoisotopic (exact) mass is 376 g/mol. The van der Waals surface area contributed by atoms with E-state index in [1.165, 1.54) is 0 Å². The molecule has 2 aliphatic rings. The Kier molecular flexibility index (Phi) is 4.89. The first-order valence-corrected chi connectivity index (χ1v) is 9.06. The maximum atomic E-state index is 12.5. The summed E-state index contributed by atoms with van der Waals surface area (Å²) < 4.78 is 11.3. The molecule has 0 N–H and O–H groups in total. The van der Waals surface area contributed by atoms with E-state index in [-0.39, 0.29) is 5.91 Å². The molecule has 0 radical (unpaired) electrons. The van der Waals surface area contributed by atoms with Crippen LogP contribution in [0, 0.1) is 0 Å². The average molecular weight is 376 g/mol. The zero-order valence-corrected chi connectivity index (χ0v) is 15.7. The number of fused-ring (bicyclic) bond motifs is 1. The molecular formula is C21H20N4O3. The van der Waals surface area contributed by atoms with Gasteiger partial charge in [-0.3, -0.25) is 9.80 Å². The van der Waals surface area contributed by atoms with Gasteiger partial charge in [-0.2, -0.15) is 10.1 Å². The summed E-state index contributed by atoms with van der Waals surface area (Å²) in [6.45, 7) is 2.99. The second-order valence-corrected chi connectivity index (χ2v) is 6.35. The zero-order chi connectivity index (χ0) is 19.5. The molecule has 2 aliphatic heterocycles. The number of nitrogens with zero attached hydrogens (tertiary/aromatic N) is 4. The molecule has 1 atom stereocenters. The number of amides is 1. The fraction of sp³-hybridized carbons (Fsp3) is 0.238. The van der Waals surface area contributed by atoms with Gasteiger partial charge in [-0.15, -0.1) is 0 Å². The molecule has 0 fully saturated rings. The van der Waals surface area contributed by atoms with Gasteiger partial charge in [0.1, 0.15) is 6.61 Å². The summed E-state index contributed by atoms with van der Waals surface area (Å²) in [5.74, 6) is 1.26. The molecule has 0 saturated carbocycles. The Labute approximate surface area is 163 Å². The SMILES string of the molecule is CCN1N=CC2=NC(c3ccc(OCc4ccccc4)c(OC)c3)=NC(=O)C21. The first-order chi connectivity index (χ1) is 13.7. The minimum atomic E-state index is -0.510. The number of likely N-dealkylation sites (N-methyl/N-ethyl adjacent to an activating group) is 1. The molecule has 7 nitrogen and oxygen atoms in total. The number of aliphatic imine (C=N–C) groups is 2. The van der Waals surface area contributed by atoms with Gasteiger partial charge in [0.05, 0.1) is 19.0 Å². The number of hydrogen-bond acceptors (Lipinski definition) is 6. The molecule has 1 amide bonds. The first-order valence-electron chi connectivity index (χ1n) is 9.06. The van der Waals surface area contributed by atoms with E-state index in [1.54, 1.807) is 30.5 Å². The van der Waals surface area contributed by atoms with Crippen LogP contribution in [0.4, 0.5) is 0 Å². The first kappa shape index (κ1) is 17.9. The third-order valence-corrected chi connectivity index (χ3v) is 4.58. The number of rotatable bonds is 6. The smallest absolute Gasteiger partial charge is 0.278 e. The number of ether oxygens (including phenoxy) is 2. The summed E-state index contributed by atoms with van der Waals surface area (Å²) in [6.07, 6.45) is 1.62. The number of amidine groups is 1. The molecule has 1 unspecified atom stereocenters. The Morgan fingerprint density at radius 1 is 1.07 bits per heavy atom. The summed E-state index contributed by atoms with van der Waals surface area (Å²) in [5, 5.41) is 5.90. The average Bonchev–Trinajstić information content (AvgIpc) is 3.16. The maximum Gasteiger partial charge on any atom is 0.278 e. The standard InChI is InChI=1S/C21H20N4O3/c1-3-25-19-16(12-22-25)23-20(24-21(19)26)15-9-10-17(18(11-15)27-2)28-13-14-7-5-4-6-8-14/h4-12,19H,3,13H2,1-2H3. The molecule has 142 valence electrons. The number of benzene rings is 2. The van der Waals surface area contributed by atoms with Crippen molar-refractivity contribution in [3.05, 3.63) is 59.7 Å². The molecule has 0 spiro atoms. The fourth-order valence-corrected chi connectivity index (χ4v) is 3.13. The van der Waals surface area contributed by atoms with Gasteiger partial charge in [-0.1, -0.05) is 30.3 Å². The third kappa shape index (κ3) is 3.38. The predicted molar refractivity (Wildman–Crippen MR) is 107 cm³/mol. The van der Waals surface area contributed by atoms with Gasteiger partial charge in [0.2, 0.25) is 0 Å². The van der Waals surface area contributed by atoms with Crippen LogP contribution >= 0.6 is 0 Å². The highest BCUT2D eigenvalue weighted by atomic mass is 16.5. The van der Waals surface area contributed by atoms with Crippen LogP contribution in [0.3, 0.4) is 0 Å². The topological polar surface area (TPSA) is 75.8 Å². The number of carbonyl (C=O) groups is 1. The minimum Gasteiger partial charge on any atom is -0.493 e. The number of methoxy groups -OCH3 is 1. The van der Waals surface area contributed by atoms with Crippen molar-refractivity contribution in [1.29, 1.82) is 0 Å². The maximum absolute atomic E-state index is 12.5. The van der Waals surface area contributed by atoms with E-state index in [2.05, 4.69) is 15.1 Å². The molecule has 2 heterocycles. The zero-order valence-electron chi connectivity index (χ0n) is 15.7. The van der Waals surface area contributed by atoms with Gasteiger partial charge in [-0.05, 0) is 30.7 Å². The van der Waals surface area contributed by atoms with Gasteiger partial charge in [0, 0.05) is 12.1 Å². The van der Waals surface area contributed by atoms with Crippen molar-refractivity contribution < 1.29 is 14.3 Å². The molecule has 0 bridgehead atoms. The molecule has 0 aliphatic carbocycles. The van der Waals surface area contributed by atoms with Crippen LogP contribution in [0.25, 0.3) is 0 Å². The van der Waals surface area contributed by atoms with Gasteiger partial charge in [-0.25, -0.2) is 4.99 Å². The largest absolute Gasteiger partial charge is 0.493 e. The highest BCUT2D eigenvalue weighted by Gasteiger charge is 2.36. The Hall–Kier alpha value is -3.48. The van der Waals surface area contributed by atoms with Crippen molar-refractivity contribution >= 4 is 23.7 Å². The van der Waals surface area contributed by atoms with Crippen molar-refractivity contribution in [2.24, 2.45) is 15.1 Å². The minimum absolute atomic E-state index is 0.261. The van der Waals surface area contributed by atoms with Crippen molar-refractivity contribution in [2.45, 2.75) is 19.6 Å². The van der Waals surface area contributed by atoms with E-state index >= 15 is 0 Å². The van der Waals surface area contributed by atoms with E-state index in [9.17, 15) is 4.79 Å². The van der Waals surface area contributed by atoms with Gasteiger partial charge < -0.3 is 9.47 Å². The summed E-state index contributed by atoms with van der Waals surface area (Å²) in [4.78, 5) is 21.1. The molecule has 2 aromatic rings. The van der Waals surface area contributed by atoms with Crippen molar-refractivity contribution in [3.8, 4) is 11.5 Å². The lowest BCUT2D eigenvalue weighted by molar-refractivity contribution is -0.120. The van der Waals surface area contributed by atoms with Crippen LogP contribution in [0.5, 0.6) is 11.5 Å². The summed E-state index contributed by atoms with van der Waals surface area (Å²) >= 11 is 0. The Balaban J connectivity index is 1.56. The van der Waals surface area contributed by atoms with E-state index in [0.29, 0.717) is 41.8 Å². The quantitative estimate of drug-likeness (QED) is 0.777. The number of hydrogen-bond donors (Lipinski definition) is 0. The highest BCUT2D eigenvalue weighted by molar-refractivity contribution is 6.43. The van der Waals surface area contributed by atoms with Gasteiger partial charge in [0.15, 0.2) is 23.4 Å². The second kappa shape index (κ2) is 7.64. The Bertz CT molecular complexity index is 982. The van der Waals surface area contributed by atoms with E-state index < -0.39 is 6.04 Å². The third-order valence-electron chi connectivity index (χ3n) is 4.58. The fourth-order valence-electron chi connectivity index (χ4n) is 3.13. The summed E-state index contributed by atoms with van der Waals surface area (Å²) in [6, 6.07) is 14.8. The van der Waals surface area contributed by atoms with Crippen molar-refractivity contribution in [1.82, 2.24) is 5.01 Å². The summed E-state index contributed by atoms with van der Waals surface area (Å²) in [5.41, 5.74) is 2.36. The van der Waals surface area contributed by atoms with Crippen LogP contribution in [-0.4, -0.2) is 48.4 Å². The molecule has 4 rings (SSSR count). The Morgan fingerprint density at radius 3 is 2.64 bits per heavy atom. The molecule has 0 aromatic heterocycles. The van der Waals surface area contributed by atoms with E-state index in [4.69, 9.17) is 9.47 Å².